The normalized spacial score (nSPS) is 11.0. The maximum Gasteiger partial charge on any atom is 0.268 e. The Morgan fingerprint density at radius 3 is 2.83 bits per heavy atom. The number of amides is 1. The molecular formula is C15H9N5O2S. The lowest BCUT2D eigenvalue weighted by molar-refractivity contribution is 0.102. The Hall–Kier alpha value is -3.13. The van der Waals surface area contributed by atoms with Crippen molar-refractivity contribution in [3.63, 3.8) is 0 Å². The van der Waals surface area contributed by atoms with Crippen LogP contribution >= 0.6 is 11.3 Å². The van der Waals surface area contributed by atoms with E-state index in [2.05, 4.69) is 20.3 Å². The molecule has 0 aromatic carbocycles. The van der Waals surface area contributed by atoms with Crippen molar-refractivity contribution in [3.05, 3.63) is 64.2 Å². The minimum absolute atomic E-state index is 0.197. The quantitative estimate of drug-likeness (QED) is 0.609. The van der Waals surface area contributed by atoms with Crippen molar-refractivity contribution in [3.8, 4) is 0 Å². The molecule has 7 nitrogen and oxygen atoms in total. The number of hydrogen-bond donors (Lipinski definition) is 1. The molecule has 0 bridgehead atoms. The standard InChI is InChI=1S/C15H9N5O2S/c21-12(19-15-16-5-3-6-17-15)10-8-9-13(23-10)18-11-4-1-2-7-20(11)14(9)22/h1-8H,(H,16,17,19,21). The van der Waals surface area contributed by atoms with Crippen LogP contribution in [0.15, 0.2) is 53.7 Å². The minimum Gasteiger partial charge on any atom is -0.290 e. The molecule has 0 atom stereocenters. The first-order valence-corrected chi connectivity index (χ1v) is 7.53. The molecule has 1 amide bonds. The Balaban J connectivity index is 1.80. The molecule has 0 aliphatic heterocycles. The summed E-state index contributed by atoms with van der Waals surface area (Å²) in [4.78, 5) is 37.9. The van der Waals surface area contributed by atoms with Gasteiger partial charge in [0.25, 0.3) is 11.5 Å². The average Bonchev–Trinajstić information content (AvgIpc) is 3.00. The predicted octanol–water partition coefficient (Wildman–Crippen LogP) is 1.95. The first-order valence-electron chi connectivity index (χ1n) is 6.72. The number of fused-ring (bicyclic) bond motifs is 2. The van der Waals surface area contributed by atoms with E-state index in [1.807, 2.05) is 6.07 Å². The first-order chi connectivity index (χ1) is 11.2. The number of pyridine rings is 1. The molecule has 0 fully saturated rings. The molecule has 4 rings (SSSR count). The van der Waals surface area contributed by atoms with Crippen LogP contribution < -0.4 is 10.9 Å². The fraction of sp³-hybridized carbons (Fsp3) is 0. The van der Waals surface area contributed by atoms with Crippen molar-refractivity contribution in [1.29, 1.82) is 0 Å². The van der Waals surface area contributed by atoms with Gasteiger partial charge in [0.05, 0.1) is 10.3 Å². The summed E-state index contributed by atoms with van der Waals surface area (Å²) in [6.07, 6.45) is 4.72. The second-order valence-corrected chi connectivity index (χ2v) is 5.73. The van der Waals surface area contributed by atoms with E-state index in [1.54, 1.807) is 30.5 Å². The number of nitrogens with one attached hydrogen (secondary N) is 1. The molecule has 0 spiro atoms. The van der Waals surface area contributed by atoms with Crippen molar-refractivity contribution in [2.24, 2.45) is 0 Å². The molecular weight excluding hydrogens is 314 g/mol. The van der Waals surface area contributed by atoms with Crippen LogP contribution in [0, 0.1) is 0 Å². The number of aromatic nitrogens is 4. The molecule has 0 unspecified atom stereocenters. The zero-order valence-electron chi connectivity index (χ0n) is 11.6. The lowest BCUT2D eigenvalue weighted by Crippen LogP contribution is -2.14. The van der Waals surface area contributed by atoms with Gasteiger partial charge in [-0.2, -0.15) is 0 Å². The largest absolute Gasteiger partial charge is 0.290 e. The third-order valence-corrected chi connectivity index (χ3v) is 4.26. The highest BCUT2D eigenvalue weighted by Gasteiger charge is 2.15. The van der Waals surface area contributed by atoms with E-state index in [-0.39, 0.29) is 17.4 Å². The molecule has 23 heavy (non-hydrogen) atoms. The molecule has 4 aromatic rings. The van der Waals surface area contributed by atoms with Gasteiger partial charge in [-0.05, 0) is 24.3 Å². The van der Waals surface area contributed by atoms with Gasteiger partial charge in [0.1, 0.15) is 10.5 Å². The van der Waals surface area contributed by atoms with Gasteiger partial charge in [0, 0.05) is 18.6 Å². The Morgan fingerprint density at radius 2 is 2.00 bits per heavy atom. The van der Waals surface area contributed by atoms with E-state index in [1.165, 1.54) is 16.8 Å². The number of anilines is 1. The SMILES string of the molecule is O=C(Nc1ncccn1)c1cc2c(=O)n3ccccc3nc2s1. The van der Waals surface area contributed by atoms with Crippen LogP contribution in [0.4, 0.5) is 5.95 Å². The summed E-state index contributed by atoms with van der Waals surface area (Å²) in [6, 6.07) is 8.52. The van der Waals surface area contributed by atoms with Crippen LogP contribution in [0.1, 0.15) is 9.67 Å². The molecule has 0 saturated carbocycles. The summed E-state index contributed by atoms with van der Waals surface area (Å²) in [5, 5.41) is 3.01. The Labute approximate surface area is 133 Å². The molecule has 0 saturated heterocycles. The lowest BCUT2D eigenvalue weighted by atomic mass is 10.3. The molecule has 4 aromatic heterocycles. The zero-order chi connectivity index (χ0) is 15.8. The zero-order valence-corrected chi connectivity index (χ0v) is 12.4. The van der Waals surface area contributed by atoms with Gasteiger partial charge in [-0.25, -0.2) is 15.0 Å². The van der Waals surface area contributed by atoms with E-state index in [4.69, 9.17) is 0 Å². The molecule has 112 valence electrons. The van der Waals surface area contributed by atoms with Gasteiger partial charge in [0.2, 0.25) is 5.95 Å². The predicted molar refractivity (Wildman–Crippen MR) is 86.8 cm³/mol. The van der Waals surface area contributed by atoms with Crippen molar-refractivity contribution >= 4 is 39.1 Å². The molecule has 8 heteroatoms. The maximum atomic E-state index is 12.5. The number of hydrogen-bond acceptors (Lipinski definition) is 6. The summed E-state index contributed by atoms with van der Waals surface area (Å²) < 4.78 is 1.46. The molecule has 0 aliphatic rings. The van der Waals surface area contributed by atoms with Crippen molar-refractivity contribution in [2.75, 3.05) is 5.32 Å². The first kappa shape index (κ1) is 13.5. The van der Waals surface area contributed by atoms with Crippen LogP contribution in [-0.2, 0) is 0 Å². The van der Waals surface area contributed by atoms with Gasteiger partial charge in [-0.3, -0.25) is 19.3 Å². The number of nitrogens with zero attached hydrogens (tertiary/aromatic N) is 4. The number of carbonyl (C=O) groups excluding carboxylic acids is 1. The second kappa shape index (κ2) is 5.25. The Bertz CT molecular complexity index is 1090. The van der Waals surface area contributed by atoms with Gasteiger partial charge in [-0.15, -0.1) is 11.3 Å². The van der Waals surface area contributed by atoms with Crippen LogP contribution in [-0.4, -0.2) is 25.3 Å². The van der Waals surface area contributed by atoms with Crippen LogP contribution in [0.5, 0.6) is 0 Å². The van der Waals surface area contributed by atoms with E-state index in [0.717, 1.165) is 11.3 Å². The summed E-state index contributed by atoms with van der Waals surface area (Å²) in [6.45, 7) is 0. The smallest absolute Gasteiger partial charge is 0.268 e. The number of rotatable bonds is 2. The van der Waals surface area contributed by atoms with E-state index in [0.29, 0.717) is 20.7 Å². The average molecular weight is 323 g/mol. The summed E-state index contributed by atoms with van der Waals surface area (Å²) in [7, 11) is 0. The van der Waals surface area contributed by atoms with E-state index < -0.39 is 0 Å². The van der Waals surface area contributed by atoms with Gasteiger partial charge in [0.15, 0.2) is 0 Å². The minimum atomic E-state index is -0.368. The summed E-state index contributed by atoms with van der Waals surface area (Å²) in [5.41, 5.74) is 0.349. The number of carbonyl (C=O) groups is 1. The van der Waals surface area contributed by atoms with Gasteiger partial charge >= 0.3 is 0 Å². The highest BCUT2D eigenvalue weighted by molar-refractivity contribution is 7.20. The topological polar surface area (TPSA) is 89.2 Å². The van der Waals surface area contributed by atoms with Crippen molar-refractivity contribution in [1.82, 2.24) is 19.4 Å². The van der Waals surface area contributed by atoms with Crippen LogP contribution in [0.25, 0.3) is 15.9 Å². The van der Waals surface area contributed by atoms with Crippen molar-refractivity contribution in [2.45, 2.75) is 0 Å². The van der Waals surface area contributed by atoms with Crippen molar-refractivity contribution < 1.29 is 4.79 Å². The Kier molecular flexibility index (Phi) is 3.09. The highest BCUT2D eigenvalue weighted by atomic mass is 32.1. The second-order valence-electron chi connectivity index (χ2n) is 4.70. The molecule has 0 aliphatic carbocycles. The number of thiophene rings is 1. The van der Waals surface area contributed by atoms with Crippen LogP contribution in [0.3, 0.4) is 0 Å². The third kappa shape index (κ3) is 2.34. The van der Waals surface area contributed by atoms with E-state index in [9.17, 15) is 9.59 Å². The third-order valence-electron chi connectivity index (χ3n) is 3.23. The van der Waals surface area contributed by atoms with Gasteiger partial charge in [-0.1, -0.05) is 6.07 Å². The Morgan fingerprint density at radius 1 is 1.17 bits per heavy atom. The maximum absolute atomic E-state index is 12.5. The molecule has 0 radical (unpaired) electrons. The monoisotopic (exact) mass is 323 g/mol. The molecule has 1 N–H and O–H groups in total. The summed E-state index contributed by atoms with van der Waals surface area (Å²) >= 11 is 1.16. The lowest BCUT2D eigenvalue weighted by Gasteiger charge is -1.99. The summed E-state index contributed by atoms with van der Waals surface area (Å²) in [5.74, 6) is -0.155. The fourth-order valence-corrected chi connectivity index (χ4v) is 3.11. The van der Waals surface area contributed by atoms with Crippen LogP contribution in [0.2, 0.25) is 0 Å². The van der Waals surface area contributed by atoms with E-state index >= 15 is 0 Å². The highest BCUT2D eigenvalue weighted by Crippen LogP contribution is 2.22. The fourth-order valence-electron chi connectivity index (χ4n) is 2.19. The van der Waals surface area contributed by atoms with Gasteiger partial charge < -0.3 is 0 Å². The molecule has 4 heterocycles.